The number of hydrogen-bond donors (Lipinski definition) is 3. The lowest BCUT2D eigenvalue weighted by atomic mass is 9.93. The smallest absolute Gasteiger partial charge is 0.265 e. The molecule has 5 nitrogen and oxygen atoms in total. The largest absolute Gasteiger partial charge is 0.382 e. The lowest BCUT2D eigenvalue weighted by molar-refractivity contribution is 0.0959. The second kappa shape index (κ2) is 6.43. The van der Waals surface area contributed by atoms with Crippen LogP contribution in [0.3, 0.4) is 0 Å². The number of amides is 1. The summed E-state index contributed by atoms with van der Waals surface area (Å²) in [6, 6.07) is 0.487. The molecule has 1 amide bonds. The van der Waals surface area contributed by atoms with Crippen LogP contribution >= 0.6 is 11.3 Å². The highest BCUT2D eigenvalue weighted by atomic mass is 32.1. The van der Waals surface area contributed by atoms with E-state index in [4.69, 9.17) is 5.73 Å². The number of nitrogens with zero attached hydrogens (tertiary/aromatic N) is 1. The molecule has 0 saturated heterocycles. The standard InChI is InChI=1S/C13H18N4OS/c1-2-3-4-8-15-12(18)10-11(14)17-13(19-10)16-9-6-5-7-9/h9H,4-8,14H2,1H3,(H,15,18)(H,16,17). The molecule has 0 atom stereocenters. The Kier molecular flexibility index (Phi) is 4.63. The van der Waals surface area contributed by atoms with Gasteiger partial charge in [0, 0.05) is 19.0 Å². The van der Waals surface area contributed by atoms with Crippen molar-refractivity contribution in [3.8, 4) is 11.8 Å². The molecule has 1 aliphatic carbocycles. The zero-order valence-corrected chi connectivity index (χ0v) is 11.8. The second-order valence-corrected chi connectivity index (χ2v) is 5.44. The Balaban J connectivity index is 1.90. The Labute approximate surface area is 117 Å². The summed E-state index contributed by atoms with van der Waals surface area (Å²) in [6.45, 7) is 2.31. The fraction of sp³-hybridized carbons (Fsp3) is 0.538. The van der Waals surface area contributed by atoms with Crippen molar-refractivity contribution < 1.29 is 4.79 Å². The third-order valence-corrected chi connectivity index (χ3v) is 4.01. The van der Waals surface area contributed by atoms with Crippen molar-refractivity contribution in [2.75, 3.05) is 17.6 Å². The van der Waals surface area contributed by atoms with Crippen LogP contribution in [0.4, 0.5) is 10.9 Å². The summed E-state index contributed by atoms with van der Waals surface area (Å²) in [7, 11) is 0. The quantitative estimate of drug-likeness (QED) is 0.567. The van der Waals surface area contributed by atoms with Gasteiger partial charge in [-0.05, 0) is 26.2 Å². The topological polar surface area (TPSA) is 80.0 Å². The van der Waals surface area contributed by atoms with Crippen LogP contribution in [0.1, 0.15) is 42.3 Å². The van der Waals surface area contributed by atoms with E-state index in [0.29, 0.717) is 29.7 Å². The molecule has 1 heterocycles. The van der Waals surface area contributed by atoms with E-state index in [-0.39, 0.29) is 5.91 Å². The van der Waals surface area contributed by atoms with Gasteiger partial charge in [0.05, 0.1) is 0 Å². The van der Waals surface area contributed by atoms with Crippen molar-refractivity contribution in [1.82, 2.24) is 10.3 Å². The normalized spacial score (nSPS) is 14.2. The van der Waals surface area contributed by atoms with Gasteiger partial charge in [-0.15, -0.1) is 11.8 Å². The molecule has 4 N–H and O–H groups in total. The zero-order valence-electron chi connectivity index (χ0n) is 11.0. The molecule has 2 rings (SSSR count). The third kappa shape index (κ3) is 3.61. The molecule has 19 heavy (non-hydrogen) atoms. The van der Waals surface area contributed by atoms with Crippen LogP contribution in [0.15, 0.2) is 0 Å². The van der Waals surface area contributed by atoms with E-state index in [0.717, 1.165) is 18.0 Å². The van der Waals surface area contributed by atoms with E-state index in [1.807, 2.05) is 0 Å². The number of thiazole rings is 1. The summed E-state index contributed by atoms with van der Waals surface area (Å²) in [5, 5.41) is 6.82. The van der Waals surface area contributed by atoms with Crippen LogP contribution < -0.4 is 16.4 Å². The third-order valence-electron chi connectivity index (χ3n) is 3.00. The van der Waals surface area contributed by atoms with Gasteiger partial charge in [0.15, 0.2) is 5.13 Å². The highest BCUT2D eigenvalue weighted by molar-refractivity contribution is 7.18. The number of anilines is 2. The molecule has 0 aliphatic heterocycles. The molecule has 0 aromatic carbocycles. The molecule has 0 unspecified atom stereocenters. The van der Waals surface area contributed by atoms with Gasteiger partial charge in [0.25, 0.3) is 5.91 Å². The van der Waals surface area contributed by atoms with Crippen LogP contribution in [0.5, 0.6) is 0 Å². The second-order valence-electron chi connectivity index (χ2n) is 4.44. The average molecular weight is 278 g/mol. The number of carbonyl (C=O) groups is 1. The first-order chi connectivity index (χ1) is 9.20. The van der Waals surface area contributed by atoms with Gasteiger partial charge in [-0.25, -0.2) is 4.98 Å². The number of nitrogen functional groups attached to an aromatic ring is 1. The predicted molar refractivity (Wildman–Crippen MR) is 78.2 cm³/mol. The van der Waals surface area contributed by atoms with Crippen LogP contribution in [-0.4, -0.2) is 23.5 Å². The Morgan fingerprint density at radius 1 is 1.58 bits per heavy atom. The van der Waals surface area contributed by atoms with Crippen LogP contribution in [-0.2, 0) is 0 Å². The van der Waals surface area contributed by atoms with E-state index in [1.165, 1.54) is 17.8 Å². The monoisotopic (exact) mass is 278 g/mol. The maximum atomic E-state index is 11.9. The van der Waals surface area contributed by atoms with E-state index >= 15 is 0 Å². The minimum atomic E-state index is -0.172. The number of hydrogen-bond acceptors (Lipinski definition) is 5. The van der Waals surface area contributed by atoms with Crippen LogP contribution in [0, 0.1) is 11.8 Å². The first-order valence-electron chi connectivity index (χ1n) is 6.41. The molecule has 1 saturated carbocycles. The summed E-state index contributed by atoms with van der Waals surface area (Å²) >= 11 is 1.31. The molecule has 1 aromatic rings. The molecular formula is C13H18N4OS. The van der Waals surface area contributed by atoms with Gasteiger partial charge in [0.2, 0.25) is 0 Å². The molecule has 1 aliphatic rings. The predicted octanol–water partition coefficient (Wildman–Crippen LogP) is 1.83. The van der Waals surface area contributed by atoms with Gasteiger partial charge >= 0.3 is 0 Å². The lowest BCUT2D eigenvalue weighted by Crippen LogP contribution is -2.26. The SMILES string of the molecule is CC#CCCNC(=O)c1sc(NC2CCC2)nc1N. The minimum Gasteiger partial charge on any atom is -0.382 e. The van der Waals surface area contributed by atoms with E-state index in [1.54, 1.807) is 6.92 Å². The maximum Gasteiger partial charge on any atom is 0.265 e. The van der Waals surface area contributed by atoms with Crippen molar-refractivity contribution in [2.24, 2.45) is 0 Å². The molecule has 102 valence electrons. The van der Waals surface area contributed by atoms with Crippen molar-refractivity contribution in [2.45, 2.75) is 38.6 Å². The highest BCUT2D eigenvalue weighted by Crippen LogP contribution is 2.29. The van der Waals surface area contributed by atoms with Crippen molar-refractivity contribution in [1.29, 1.82) is 0 Å². The van der Waals surface area contributed by atoms with Gasteiger partial charge < -0.3 is 16.4 Å². The summed E-state index contributed by atoms with van der Waals surface area (Å²) < 4.78 is 0. The Morgan fingerprint density at radius 3 is 3.00 bits per heavy atom. The number of rotatable bonds is 5. The highest BCUT2D eigenvalue weighted by Gasteiger charge is 2.21. The molecular weight excluding hydrogens is 260 g/mol. The molecule has 1 fully saturated rings. The Bertz CT molecular complexity index is 510. The summed E-state index contributed by atoms with van der Waals surface area (Å²) in [4.78, 5) is 16.6. The first kappa shape index (κ1) is 13.7. The minimum absolute atomic E-state index is 0.172. The van der Waals surface area contributed by atoms with Crippen LogP contribution in [0.2, 0.25) is 0 Å². The van der Waals surface area contributed by atoms with Crippen LogP contribution in [0.25, 0.3) is 0 Å². The maximum absolute atomic E-state index is 11.9. The molecule has 1 aromatic heterocycles. The fourth-order valence-corrected chi connectivity index (χ4v) is 2.61. The average Bonchev–Trinajstić information content (AvgIpc) is 2.71. The molecule has 6 heteroatoms. The van der Waals surface area contributed by atoms with Gasteiger partial charge in [0.1, 0.15) is 10.7 Å². The van der Waals surface area contributed by atoms with E-state index in [9.17, 15) is 4.79 Å². The Morgan fingerprint density at radius 2 is 2.37 bits per heavy atom. The van der Waals surface area contributed by atoms with E-state index < -0.39 is 0 Å². The molecule has 0 radical (unpaired) electrons. The van der Waals surface area contributed by atoms with Crippen molar-refractivity contribution in [3.05, 3.63) is 4.88 Å². The fourth-order valence-electron chi connectivity index (χ4n) is 1.73. The molecule has 0 bridgehead atoms. The number of aromatic nitrogens is 1. The lowest BCUT2D eigenvalue weighted by Gasteiger charge is -2.25. The Hall–Kier alpha value is -1.74. The summed E-state index contributed by atoms with van der Waals surface area (Å²) in [6.07, 6.45) is 4.23. The number of carbonyl (C=O) groups excluding carboxylic acids is 1. The molecule has 0 spiro atoms. The van der Waals surface area contributed by atoms with Gasteiger partial charge in [-0.1, -0.05) is 11.3 Å². The van der Waals surface area contributed by atoms with Crippen molar-refractivity contribution in [3.63, 3.8) is 0 Å². The summed E-state index contributed by atoms with van der Waals surface area (Å²) in [5.41, 5.74) is 5.78. The van der Waals surface area contributed by atoms with Crippen molar-refractivity contribution >= 4 is 28.2 Å². The van der Waals surface area contributed by atoms with Gasteiger partial charge in [-0.2, -0.15) is 0 Å². The van der Waals surface area contributed by atoms with Gasteiger partial charge in [-0.3, -0.25) is 4.79 Å². The zero-order chi connectivity index (χ0) is 13.7. The number of nitrogens with one attached hydrogen (secondary N) is 2. The first-order valence-corrected chi connectivity index (χ1v) is 7.23. The number of nitrogens with two attached hydrogens (primary N) is 1. The summed E-state index contributed by atoms with van der Waals surface area (Å²) in [5.74, 6) is 5.81. The van der Waals surface area contributed by atoms with E-state index in [2.05, 4.69) is 27.5 Å².